The maximum Gasteiger partial charge on any atom is 0.253 e. The molecule has 1 unspecified atom stereocenters. The van der Waals surface area contributed by atoms with Crippen LogP contribution in [0.5, 0.6) is 0 Å². The van der Waals surface area contributed by atoms with Gasteiger partial charge in [-0.3, -0.25) is 9.89 Å². The summed E-state index contributed by atoms with van der Waals surface area (Å²) < 4.78 is 0. The van der Waals surface area contributed by atoms with E-state index in [4.69, 9.17) is 5.73 Å². The first-order valence-electron chi connectivity index (χ1n) is 6.88. The minimum absolute atomic E-state index is 0.0780. The molecule has 0 radical (unpaired) electrons. The number of hydrogen-bond donors (Lipinski definition) is 2. The lowest BCUT2D eigenvalue weighted by Gasteiger charge is -2.32. The summed E-state index contributed by atoms with van der Waals surface area (Å²) in [5.41, 5.74) is 8.14. The van der Waals surface area contributed by atoms with Gasteiger partial charge in [0.25, 0.3) is 5.91 Å². The van der Waals surface area contributed by atoms with E-state index in [0.29, 0.717) is 17.2 Å². The molecule has 0 saturated carbocycles. The molecule has 0 spiro atoms. The number of nitrogens with one attached hydrogen (secondary N) is 1. The van der Waals surface area contributed by atoms with E-state index < -0.39 is 0 Å². The average molecular weight is 270 g/mol. The van der Waals surface area contributed by atoms with Crippen LogP contribution in [0.4, 0.5) is 5.69 Å². The van der Waals surface area contributed by atoms with Gasteiger partial charge >= 0.3 is 0 Å². The van der Waals surface area contributed by atoms with E-state index in [2.05, 4.69) is 10.2 Å². The molecule has 3 rings (SSSR count). The molecule has 0 bridgehead atoms. The summed E-state index contributed by atoms with van der Waals surface area (Å²) >= 11 is 0. The third kappa shape index (κ3) is 2.52. The molecule has 1 aromatic heterocycles. The number of aromatic nitrogens is 2. The number of nitrogen functional groups attached to an aromatic ring is 1. The standard InChI is InChI=1S/C15H18N4O/c16-13-5-3-11(4-6-13)15(20)19-9-1-2-12(10-19)14-7-8-17-18-14/h3-8,12H,1-2,9-10,16H2,(H,17,18). The van der Waals surface area contributed by atoms with Crippen LogP contribution in [0.1, 0.15) is 34.8 Å². The molecule has 1 fully saturated rings. The van der Waals surface area contributed by atoms with E-state index in [1.54, 1.807) is 30.5 Å². The van der Waals surface area contributed by atoms with E-state index in [1.165, 1.54) is 0 Å². The number of nitrogens with zero attached hydrogens (tertiary/aromatic N) is 2. The predicted molar refractivity (Wildman–Crippen MR) is 77.3 cm³/mol. The topological polar surface area (TPSA) is 75.0 Å². The van der Waals surface area contributed by atoms with E-state index in [1.807, 2.05) is 11.0 Å². The predicted octanol–water partition coefficient (Wildman–Crippen LogP) is 2.01. The second-order valence-corrected chi connectivity index (χ2v) is 5.22. The summed E-state index contributed by atoms with van der Waals surface area (Å²) in [6.45, 7) is 1.55. The van der Waals surface area contributed by atoms with Crippen LogP contribution in [-0.4, -0.2) is 34.1 Å². The number of nitrogens with two attached hydrogens (primary N) is 1. The number of carbonyl (C=O) groups is 1. The van der Waals surface area contributed by atoms with E-state index in [-0.39, 0.29) is 5.91 Å². The van der Waals surface area contributed by atoms with Crippen molar-refractivity contribution in [2.24, 2.45) is 0 Å². The highest BCUT2D eigenvalue weighted by molar-refractivity contribution is 5.94. The second-order valence-electron chi connectivity index (χ2n) is 5.22. The van der Waals surface area contributed by atoms with Crippen molar-refractivity contribution < 1.29 is 4.79 Å². The largest absolute Gasteiger partial charge is 0.399 e. The Bertz CT molecular complexity index is 576. The lowest BCUT2D eigenvalue weighted by molar-refractivity contribution is 0.0706. The highest BCUT2D eigenvalue weighted by atomic mass is 16.2. The zero-order chi connectivity index (χ0) is 13.9. The Hall–Kier alpha value is -2.30. The number of aromatic amines is 1. The van der Waals surface area contributed by atoms with Gasteiger partial charge in [-0.2, -0.15) is 5.10 Å². The Morgan fingerprint density at radius 3 is 2.80 bits per heavy atom. The van der Waals surface area contributed by atoms with Crippen molar-refractivity contribution in [1.29, 1.82) is 0 Å². The van der Waals surface area contributed by atoms with Gasteiger partial charge in [0.15, 0.2) is 0 Å². The molecule has 104 valence electrons. The molecule has 2 aromatic rings. The molecule has 3 N–H and O–H groups in total. The summed E-state index contributed by atoms with van der Waals surface area (Å²) in [5.74, 6) is 0.429. The maximum absolute atomic E-state index is 12.5. The van der Waals surface area contributed by atoms with Crippen molar-refractivity contribution >= 4 is 11.6 Å². The number of amides is 1. The van der Waals surface area contributed by atoms with Crippen LogP contribution in [-0.2, 0) is 0 Å². The zero-order valence-electron chi connectivity index (χ0n) is 11.2. The average Bonchev–Trinajstić information content (AvgIpc) is 3.02. The van der Waals surface area contributed by atoms with Crippen LogP contribution < -0.4 is 5.73 Å². The summed E-state index contributed by atoms with van der Waals surface area (Å²) in [6, 6.07) is 9.10. The third-order valence-corrected chi connectivity index (χ3v) is 3.83. The molecule has 1 aromatic carbocycles. The Morgan fingerprint density at radius 1 is 1.30 bits per heavy atom. The quantitative estimate of drug-likeness (QED) is 0.820. The zero-order valence-corrected chi connectivity index (χ0v) is 11.2. The molecule has 2 heterocycles. The first-order chi connectivity index (χ1) is 9.74. The van der Waals surface area contributed by atoms with E-state index in [0.717, 1.165) is 31.6 Å². The van der Waals surface area contributed by atoms with Crippen molar-refractivity contribution in [2.45, 2.75) is 18.8 Å². The number of H-pyrrole nitrogens is 1. The number of benzene rings is 1. The molecular formula is C15H18N4O. The normalized spacial score (nSPS) is 19.0. The van der Waals surface area contributed by atoms with Gasteiger partial charge in [-0.15, -0.1) is 0 Å². The van der Waals surface area contributed by atoms with Crippen LogP contribution in [0.15, 0.2) is 36.5 Å². The van der Waals surface area contributed by atoms with Gasteiger partial charge in [-0.25, -0.2) is 0 Å². The highest BCUT2D eigenvalue weighted by Crippen LogP contribution is 2.26. The van der Waals surface area contributed by atoms with Gasteiger partial charge in [0.2, 0.25) is 0 Å². The number of hydrogen-bond acceptors (Lipinski definition) is 3. The number of anilines is 1. The van der Waals surface area contributed by atoms with Crippen molar-refractivity contribution in [1.82, 2.24) is 15.1 Å². The van der Waals surface area contributed by atoms with Crippen molar-refractivity contribution in [2.75, 3.05) is 18.8 Å². The molecule has 1 saturated heterocycles. The molecular weight excluding hydrogens is 252 g/mol. The van der Waals surface area contributed by atoms with Crippen LogP contribution >= 0.6 is 0 Å². The summed E-state index contributed by atoms with van der Waals surface area (Å²) in [4.78, 5) is 14.4. The van der Waals surface area contributed by atoms with Gasteiger partial charge in [0.05, 0.1) is 0 Å². The van der Waals surface area contributed by atoms with E-state index >= 15 is 0 Å². The van der Waals surface area contributed by atoms with Crippen LogP contribution in [0.3, 0.4) is 0 Å². The molecule has 5 heteroatoms. The SMILES string of the molecule is Nc1ccc(C(=O)N2CCCC(c3ccn[nH]3)C2)cc1. The first-order valence-corrected chi connectivity index (χ1v) is 6.88. The van der Waals surface area contributed by atoms with Gasteiger partial charge in [0, 0.05) is 42.1 Å². The van der Waals surface area contributed by atoms with Crippen molar-refractivity contribution in [3.05, 3.63) is 47.8 Å². The minimum atomic E-state index is 0.0780. The second kappa shape index (κ2) is 5.36. The van der Waals surface area contributed by atoms with Gasteiger partial charge in [-0.1, -0.05) is 0 Å². The van der Waals surface area contributed by atoms with Gasteiger partial charge in [-0.05, 0) is 43.2 Å². The van der Waals surface area contributed by atoms with Crippen LogP contribution in [0.25, 0.3) is 0 Å². The van der Waals surface area contributed by atoms with Crippen LogP contribution in [0.2, 0.25) is 0 Å². The van der Waals surface area contributed by atoms with Crippen molar-refractivity contribution in [3.63, 3.8) is 0 Å². The highest BCUT2D eigenvalue weighted by Gasteiger charge is 2.26. The Labute approximate surface area is 117 Å². The Balaban J connectivity index is 1.73. The van der Waals surface area contributed by atoms with Crippen LogP contribution in [0, 0.1) is 0 Å². The number of carbonyl (C=O) groups excluding carboxylic acids is 1. The van der Waals surface area contributed by atoms with Gasteiger partial charge < -0.3 is 10.6 Å². The molecule has 5 nitrogen and oxygen atoms in total. The Morgan fingerprint density at radius 2 is 2.10 bits per heavy atom. The number of rotatable bonds is 2. The van der Waals surface area contributed by atoms with Crippen molar-refractivity contribution in [3.8, 4) is 0 Å². The fourth-order valence-corrected chi connectivity index (χ4v) is 2.72. The first kappa shape index (κ1) is 12.7. The summed E-state index contributed by atoms with van der Waals surface area (Å²) in [5, 5.41) is 7.00. The van der Waals surface area contributed by atoms with E-state index in [9.17, 15) is 4.79 Å². The minimum Gasteiger partial charge on any atom is -0.399 e. The molecule has 1 aliphatic heterocycles. The number of piperidine rings is 1. The molecule has 1 amide bonds. The monoisotopic (exact) mass is 270 g/mol. The maximum atomic E-state index is 12.5. The van der Waals surface area contributed by atoms with Gasteiger partial charge in [0.1, 0.15) is 0 Å². The number of likely N-dealkylation sites (tertiary alicyclic amines) is 1. The third-order valence-electron chi connectivity index (χ3n) is 3.83. The lowest BCUT2D eigenvalue weighted by atomic mass is 9.94. The lowest BCUT2D eigenvalue weighted by Crippen LogP contribution is -2.39. The summed E-state index contributed by atoms with van der Waals surface area (Å²) in [6.07, 6.45) is 3.87. The molecule has 1 aliphatic rings. The molecule has 20 heavy (non-hydrogen) atoms. The fourth-order valence-electron chi connectivity index (χ4n) is 2.72. The molecule has 0 aliphatic carbocycles. The fraction of sp³-hybridized carbons (Fsp3) is 0.333. The summed E-state index contributed by atoms with van der Waals surface area (Å²) in [7, 11) is 0. The Kier molecular flexibility index (Phi) is 3.41. The smallest absolute Gasteiger partial charge is 0.253 e. The molecule has 1 atom stereocenters.